The molecule has 0 atom stereocenters. The van der Waals surface area contributed by atoms with Crippen molar-refractivity contribution in [1.82, 2.24) is 4.90 Å². The highest BCUT2D eigenvalue weighted by molar-refractivity contribution is 7.93. The number of amides is 1. The third-order valence-corrected chi connectivity index (χ3v) is 7.07. The fourth-order valence-corrected chi connectivity index (χ4v) is 4.94. The van der Waals surface area contributed by atoms with Crippen molar-refractivity contribution in [3.8, 4) is 5.75 Å². The molecule has 1 N–H and O–H groups in total. The summed E-state index contributed by atoms with van der Waals surface area (Å²) in [6.07, 6.45) is 0.625. The van der Waals surface area contributed by atoms with E-state index in [0.717, 1.165) is 25.4 Å². The van der Waals surface area contributed by atoms with Gasteiger partial charge in [0.25, 0.3) is 5.91 Å². The van der Waals surface area contributed by atoms with Crippen LogP contribution in [0.1, 0.15) is 30.6 Å². The second-order valence-electron chi connectivity index (χ2n) is 7.14. The summed E-state index contributed by atoms with van der Waals surface area (Å²) >= 11 is 0. The molecule has 30 heavy (non-hydrogen) atoms. The molecule has 2 aromatic carbocycles. The molecule has 1 heterocycles. The lowest BCUT2D eigenvalue weighted by Gasteiger charge is -2.18. The summed E-state index contributed by atoms with van der Waals surface area (Å²) in [6.45, 7) is 8.23. The van der Waals surface area contributed by atoms with Gasteiger partial charge in [-0.15, -0.1) is 0 Å². The summed E-state index contributed by atoms with van der Waals surface area (Å²) in [5.74, 6) is 0.682. The zero-order chi connectivity index (χ0) is 21.6. The number of carbonyl (C=O) groups excluding carboxylic acids is 1. The van der Waals surface area contributed by atoms with E-state index in [1.54, 1.807) is 36.4 Å². The molecule has 0 radical (unpaired) electrons. The summed E-state index contributed by atoms with van der Waals surface area (Å²) < 4.78 is 31.2. The normalized spacial score (nSPS) is 15.4. The molecular formula is C22H29N3O4S. The van der Waals surface area contributed by atoms with E-state index in [4.69, 9.17) is 4.74 Å². The lowest BCUT2D eigenvalue weighted by molar-refractivity contribution is 0.102. The van der Waals surface area contributed by atoms with Gasteiger partial charge in [-0.1, -0.05) is 13.8 Å². The average Bonchev–Trinajstić information content (AvgIpc) is 3.11. The largest absolute Gasteiger partial charge is 0.492 e. The average molecular weight is 432 g/mol. The molecule has 3 rings (SSSR count). The summed E-state index contributed by atoms with van der Waals surface area (Å²) in [5.41, 5.74) is 1.73. The van der Waals surface area contributed by atoms with E-state index in [1.165, 1.54) is 4.31 Å². The van der Waals surface area contributed by atoms with Crippen molar-refractivity contribution in [3.63, 3.8) is 0 Å². The van der Waals surface area contributed by atoms with Crippen LogP contribution < -0.4 is 14.4 Å². The van der Waals surface area contributed by atoms with Crippen molar-refractivity contribution in [2.75, 3.05) is 48.2 Å². The predicted molar refractivity (Wildman–Crippen MR) is 120 cm³/mol. The minimum Gasteiger partial charge on any atom is -0.492 e. The van der Waals surface area contributed by atoms with Crippen molar-refractivity contribution in [1.29, 1.82) is 0 Å². The van der Waals surface area contributed by atoms with Gasteiger partial charge in [0.1, 0.15) is 12.4 Å². The molecule has 2 aromatic rings. The van der Waals surface area contributed by atoms with Crippen molar-refractivity contribution < 1.29 is 17.9 Å². The van der Waals surface area contributed by atoms with E-state index >= 15 is 0 Å². The van der Waals surface area contributed by atoms with Gasteiger partial charge in [0.2, 0.25) is 10.0 Å². The van der Waals surface area contributed by atoms with Crippen LogP contribution in [0.4, 0.5) is 11.4 Å². The maximum absolute atomic E-state index is 12.5. The first kappa shape index (κ1) is 22.1. The molecule has 1 fully saturated rings. The van der Waals surface area contributed by atoms with E-state index in [2.05, 4.69) is 24.1 Å². The van der Waals surface area contributed by atoms with Crippen molar-refractivity contribution in [2.45, 2.75) is 20.3 Å². The number of carbonyl (C=O) groups is 1. The Morgan fingerprint density at radius 2 is 1.73 bits per heavy atom. The lowest BCUT2D eigenvalue weighted by atomic mass is 10.2. The molecule has 7 nitrogen and oxygen atoms in total. The Kier molecular flexibility index (Phi) is 7.33. The van der Waals surface area contributed by atoms with Gasteiger partial charge in [-0.05, 0) is 68.0 Å². The molecule has 8 heteroatoms. The first-order chi connectivity index (χ1) is 14.4. The third kappa shape index (κ3) is 5.52. The fourth-order valence-electron chi connectivity index (χ4n) is 3.38. The monoisotopic (exact) mass is 431 g/mol. The Morgan fingerprint density at radius 1 is 1.07 bits per heavy atom. The number of benzene rings is 2. The number of nitrogens with zero attached hydrogens (tertiary/aromatic N) is 2. The number of likely N-dealkylation sites (N-methyl/N-ethyl adjacent to an activating group) is 1. The minimum atomic E-state index is -3.22. The highest BCUT2D eigenvalue weighted by atomic mass is 32.2. The van der Waals surface area contributed by atoms with E-state index in [9.17, 15) is 13.2 Å². The highest BCUT2D eigenvalue weighted by Gasteiger charge is 2.28. The quantitative estimate of drug-likeness (QED) is 0.660. The van der Waals surface area contributed by atoms with Crippen LogP contribution in [-0.4, -0.2) is 57.8 Å². The highest BCUT2D eigenvalue weighted by Crippen LogP contribution is 2.24. The minimum absolute atomic E-state index is 0.171. The first-order valence-corrected chi connectivity index (χ1v) is 11.9. The first-order valence-electron chi connectivity index (χ1n) is 10.3. The second-order valence-corrected chi connectivity index (χ2v) is 9.16. The maximum atomic E-state index is 12.5. The third-order valence-electron chi connectivity index (χ3n) is 5.20. The Balaban J connectivity index is 1.54. The SMILES string of the molecule is CCN(CC)CCOc1ccc(NC(=O)c2ccc(N3CCCS3(=O)=O)cc2)cc1. The fraction of sp³-hybridized carbons (Fsp3) is 0.409. The Hall–Kier alpha value is -2.58. The summed E-state index contributed by atoms with van der Waals surface area (Å²) in [6, 6.07) is 13.9. The summed E-state index contributed by atoms with van der Waals surface area (Å²) in [7, 11) is -3.22. The van der Waals surface area contributed by atoms with Crippen molar-refractivity contribution in [2.24, 2.45) is 0 Å². The topological polar surface area (TPSA) is 79.0 Å². The predicted octanol–water partition coefficient (Wildman–Crippen LogP) is 3.20. The van der Waals surface area contributed by atoms with Crippen LogP contribution >= 0.6 is 0 Å². The van der Waals surface area contributed by atoms with E-state index in [1.807, 2.05) is 12.1 Å². The molecule has 0 saturated carbocycles. The van der Waals surface area contributed by atoms with Crippen LogP contribution in [0.5, 0.6) is 5.75 Å². The number of hydrogen-bond donors (Lipinski definition) is 1. The molecule has 1 saturated heterocycles. The van der Waals surface area contributed by atoms with Gasteiger partial charge in [0.05, 0.1) is 11.4 Å². The van der Waals surface area contributed by atoms with E-state index < -0.39 is 10.0 Å². The van der Waals surface area contributed by atoms with Crippen LogP contribution in [0.3, 0.4) is 0 Å². The van der Waals surface area contributed by atoms with Crippen LogP contribution in [0.2, 0.25) is 0 Å². The number of nitrogens with one attached hydrogen (secondary N) is 1. The van der Waals surface area contributed by atoms with E-state index in [-0.39, 0.29) is 11.7 Å². The molecule has 0 bridgehead atoms. The molecule has 0 aromatic heterocycles. The number of ether oxygens (including phenoxy) is 1. The number of hydrogen-bond acceptors (Lipinski definition) is 5. The Morgan fingerprint density at radius 3 is 2.30 bits per heavy atom. The smallest absolute Gasteiger partial charge is 0.255 e. The van der Waals surface area contributed by atoms with Gasteiger partial charge in [0.15, 0.2) is 0 Å². The van der Waals surface area contributed by atoms with Gasteiger partial charge in [-0.2, -0.15) is 0 Å². The molecule has 0 spiro atoms. The van der Waals surface area contributed by atoms with Gasteiger partial charge in [-0.3, -0.25) is 9.10 Å². The van der Waals surface area contributed by atoms with Crippen molar-refractivity contribution in [3.05, 3.63) is 54.1 Å². The van der Waals surface area contributed by atoms with Gasteiger partial charge in [0, 0.05) is 24.3 Å². The molecule has 162 valence electrons. The molecule has 0 aliphatic carbocycles. The van der Waals surface area contributed by atoms with Crippen molar-refractivity contribution >= 4 is 27.3 Å². The van der Waals surface area contributed by atoms with Gasteiger partial charge in [-0.25, -0.2) is 8.42 Å². The zero-order valence-corrected chi connectivity index (χ0v) is 18.3. The number of rotatable bonds is 9. The molecule has 1 aliphatic rings. The second kappa shape index (κ2) is 9.95. The van der Waals surface area contributed by atoms with Gasteiger partial charge >= 0.3 is 0 Å². The Bertz CT molecular complexity index is 939. The van der Waals surface area contributed by atoms with Crippen LogP contribution in [0.25, 0.3) is 0 Å². The van der Waals surface area contributed by atoms with Crippen LogP contribution in [-0.2, 0) is 10.0 Å². The molecular weight excluding hydrogens is 402 g/mol. The molecule has 1 aliphatic heterocycles. The zero-order valence-electron chi connectivity index (χ0n) is 17.5. The molecule has 1 amide bonds. The summed E-state index contributed by atoms with van der Waals surface area (Å²) in [4.78, 5) is 14.8. The standard InChI is InChI=1S/C22H29N3O4S/c1-3-24(4-2)15-16-29-21-12-8-19(9-13-21)23-22(26)18-6-10-20(11-7-18)25-14-5-17-30(25,27)28/h6-13H,3-5,14-17H2,1-2H3,(H,23,26). The number of anilines is 2. The van der Waals surface area contributed by atoms with Crippen LogP contribution in [0, 0.1) is 0 Å². The van der Waals surface area contributed by atoms with E-state index in [0.29, 0.717) is 36.5 Å². The van der Waals surface area contributed by atoms with Gasteiger partial charge < -0.3 is 15.0 Å². The Labute approximate surface area is 178 Å². The number of sulfonamides is 1. The molecule has 0 unspecified atom stereocenters. The lowest BCUT2D eigenvalue weighted by Crippen LogP contribution is -2.27. The summed E-state index contributed by atoms with van der Waals surface area (Å²) in [5, 5.41) is 2.85. The maximum Gasteiger partial charge on any atom is 0.255 e. The van der Waals surface area contributed by atoms with Crippen LogP contribution in [0.15, 0.2) is 48.5 Å².